The number of hydrogen-bond donors (Lipinski definition) is 2. The topological polar surface area (TPSA) is 52.6 Å². The van der Waals surface area contributed by atoms with Gasteiger partial charge in [0.1, 0.15) is 0 Å². The molecule has 0 saturated carbocycles. The summed E-state index contributed by atoms with van der Waals surface area (Å²) >= 11 is 3.49. The van der Waals surface area contributed by atoms with E-state index in [-0.39, 0.29) is 11.9 Å². The number of aliphatic hydroxyl groups is 1. The highest BCUT2D eigenvalue weighted by atomic mass is 79.9. The smallest absolute Gasteiger partial charge is 0.321 e. The third kappa shape index (κ3) is 4.41. The van der Waals surface area contributed by atoms with Crippen molar-refractivity contribution < 1.29 is 9.90 Å². The summed E-state index contributed by atoms with van der Waals surface area (Å²) in [7, 11) is 0. The predicted octanol–water partition coefficient (Wildman–Crippen LogP) is 4.74. The molecule has 2 aromatic rings. The second-order valence-corrected chi connectivity index (χ2v) is 7.43. The van der Waals surface area contributed by atoms with Gasteiger partial charge in [0.25, 0.3) is 0 Å². The minimum atomic E-state index is -0.459. The van der Waals surface area contributed by atoms with Crippen LogP contribution in [-0.4, -0.2) is 29.1 Å². The number of aliphatic hydroxyl groups excluding tert-OH is 1. The Bertz CT molecular complexity index is 728. The van der Waals surface area contributed by atoms with Gasteiger partial charge in [-0.1, -0.05) is 52.3 Å². The lowest BCUT2D eigenvalue weighted by Gasteiger charge is -2.34. The first-order chi connectivity index (χ1) is 12.0. The van der Waals surface area contributed by atoms with E-state index in [9.17, 15) is 9.90 Å². The Morgan fingerprint density at radius 1 is 1.20 bits per heavy atom. The van der Waals surface area contributed by atoms with E-state index in [1.807, 2.05) is 60.4 Å². The molecule has 1 fully saturated rings. The van der Waals surface area contributed by atoms with Crippen LogP contribution in [0.5, 0.6) is 0 Å². The molecule has 1 saturated heterocycles. The largest absolute Gasteiger partial charge is 0.388 e. The fourth-order valence-electron chi connectivity index (χ4n) is 3.21. The number of anilines is 1. The van der Waals surface area contributed by atoms with Crippen LogP contribution in [0.4, 0.5) is 10.5 Å². The van der Waals surface area contributed by atoms with Crippen LogP contribution in [0.1, 0.15) is 30.1 Å². The van der Waals surface area contributed by atoms with Crippen LogP contribution in [0.3, 0.4) is 0 Å². The summed E-state index contributed by atoms with van der Waals surface area (Å²) in [6, 6.07) is 15.5. The summed E-state index contributed by atoms with van der Waals surface area (Å²) in [5, 5.41) is 13.5. The number of carbonyl (C=O) groups excluding carboxylic acids is 1. The number of urea groups is 1. The molecule has 1 atom stereocenters. The maximum Gasteiger partial charge on any atom is 0.321 e. The average molecular weight is 403 g/mol. The van der Waals surface area contributed by atoms with Gasteiger partial charge in [0.05, 0.1) is 6.10 Å². The fourth-order valence-corrected chi connectivity index (χ4v) is 3.59. The standard InChI is InChI=1S/C20H23BrN2O2/c1-14-7-8-17(13-18(14)21)22-20(25)23-11-9-16(10-12-23)19(24)15-5-3-2-4-6-15/h2-8,13,16,19,24H,9-12H2,1H3,(H,22,25). The number of carbonyl (C=O) groups is 1. The summed E-state index contributed by atoms with van der Waals surface area (Å²) < 4.78 is 0.981. The third-order valence-corrected chi connectivity index (χ3v) is 5.69. The molecule has 0 aliphatic carbocycles. The molecule has 0 spiro atoms. The zero-order valence-electron chi connectivity index (χ0n) is 14.3. The minimum absolute atomic E-state index is 0.0802. The molecule has 1 aliphatic rings. The van der Waals surface area contributed by atoms with Gasteiger partial charge in [0.15, 0.2) is 0 Å². The van der Waals surface area contributed by atoms with Crippen molar-refractivity contribution in [2.75, 3.05) is 18.4 Å². The first-order valence-corrected chi connectivity index (χ1v) is 9.39. The summed E-state index contributed by atoms with van der Waals surface area (Å²) in [4.78, 5) is 14.3. The molecule has 5 heteroatoms. The lowest BCUT2D eigenvalue weighted by molar-refractivity contribution is 0.0683. The Hall–Kier alpha value is -1.85. The van der Waals surface area contributed by atoms with Gasteiger partial charge in [-0.3, -0.25) is 0 Å². The minimum Gasteiger partial charge on any atom is -0.388 e. The molecule has 2 aromatic carbocycles. The highest BCUT2D eigenvalue weighted by Crippen LogP contribution is 2.31. The molecular weight excluding hydrogens is 380 g/mol. The molecule has 1 aliphatic heterocycles. The average Bonchev–Trinajstić information content (AvgIpc) is 2.65. The highest BCUT2D eigenvalue weighted by molar-refractivity contribution is 9.10. The lowest BCUT2D eigenvalue weighted by atomic mass is 9.87. The Morgan fingerprint density at radius 2 is 1.88 bits per heavy atom. The number of hydrogen-bond acceptors (Lipinski definition) is 2. The Balaban J connectivity index is 1.54. The summed E-state index contributed by atoms with van der Waals surface area (Å²) in [5.74, 6) is 0.194. The van der Waals surface area contributed by atoms with Gasteiger partial charge in [0, 0.05) is 23.2 Å². The molecule has 4 nitrogen and oxygen atoms in total. The van der Waals surface area contributed by atoms with Crippen LogP contribution in [-0.2, 0) is 0 Å². The third-order valence-electron chi connectivity index (χ3n) is 4.84. The maximum atomic E-state index is 12.4. The number of halogens is 1. The molecule has 1 heterocycles. The fraction of sp³-hybridized carbons (Fsp3) is 0.350. The van der Waals surface area contributed by atoms with Crippen LogP contribution >= 0.6 is 15.9 Å². The van der Waals surface area contributed by atoms with Gasteiger partial charge in [-0.25, -0.2) is 4.79 Å². The van der Waals surface area contributed by atoms with E-state index in [4.69, 9.17) is 0 Å². The van der Waals surface area contributed by atoms with Crippen LogP contribution < -0.4 is 5.32 Å². The Morgan fingerprint density at radius 3 is 2.52 bits per heavy atom. The van der Waals surface area contributed by atoms with Gasteiger partial charge in [0.2, 0.25) is 0 Å². The molecule has 2 N–H and O–H groups in total. The first-order valence-electron chi connectivity index (χ1n) is 8.59. The van der Waals surface area contributed by atoms with Crippen molar-refractivity contribution in [3.8, 4) is 0 Å². The van der Waals surface area contributed by atoms with Crippen molar-refractivity contribution in [1.29, 1.82) is 0 Å². The van der Waals surface area contributed by atoms with E-state index < -0.39 is 6.10 Å². The van der Waals surface area contributed by atoms with Gasteiger partial charge in [-0.05, 0) is 48.9 Å². The molecule has 25 heavy (non-hydrogen) atoms. The number of rotatable bonds is 3. The molecule has 1 unspecified atom stereocenters. The number of piperidine rings is 1. The molecule has 0 radical (unpaired) electrons. The summed E-state index contributed by atoms with van der Waals surface area (Å²) in [6.07, 6.45) is 1.15. The summed E-state index contributed by atoms with van der Waals surface area (Å²) in [5.41, 5.74) is 2.87. The van der Waals surface area contributed by atoms with Gasteiger partial charge < -0.3 is 15.3 Å². The number of nitrogens with one attached hydrogen (secondary N) is 1. The van der Waals surface area contributed by atoms with E-state index in [2.05, 4.69) is 21.2 Å². The summed E-state index contributed by atoms with van der Waals surface area (Å²) in [6.45, 7) is 3.33. The molecular formula is C20H23BrN2O2. The van der Waals surface area contributed by atoms with E-state index >= 15 is 0 Å². The van der Waals surface area contributed by atoms with Gasteiger partial charge in [-0.15, -0.1) is 0 Å². The highest BCUT2D eigenvalue weighted by Gasteiger charge is 2.28. The SMILES string of the molecule is Cc1ccc(NC(=O)N2CCC(C(O)c3ccccc3)CC2)cc1Br. The first kappa shape index (κ1) is 18.0. The van der Waals surface area contributed by atoms with Crippen molar-refractivity contribution in [2.24, 2.45) is 5.92 Å². The molecule has 2 amide bonds. The Kier molecular flexibility index (Phi) is 5.76. The number of aryl methyl sites for hydroxylation is 1. The van der Waals surface area contributed by atoms with Gasteiger partial charge >= 0.3 is 6.03 Å². The van der Waals surface area contributed by atoms with Crippen LogP contribution in [0.15, 0.2) is 53.0 Å². The zero-order valence-corrected chi connectivity index (χ0v) is 15.9. The van der Waals surface area contributed by atoms with Crippen LogP contribution in [0.25, 0.3) is 0 Å². The number of nitrogens with zero attached hydrogens (tertiary/aromatic N) is 1. The molecule has 132 valence electrons. The van der Waals surface area contributed by atoms with Gasteiger partial charge in [-0.2, -0.15) is 0 Å². The lowest BCUT2D eigenvalue weighted by Crippen LogP contribution is -2.42. The second-order valence-electron chi connectivity index (χ2n) is 6.57. The normalized spacial score (nSPS) is 16.5. The van der Waals surface area contributed by atoms with Crippen LogP contribution in [0.2, 0.25) is 0 Å². The quantitative estimate of drug-likeness (QED) is 0.778. The van der Waals surface area contributed by atoms with E-state index in [1.54, 1.807) is 0 Å². The zero-order chi connectivity index (χ0) is 17.8. The van der Waals surface area contributed by atoms with E-state index in [1.165, 1.54) is 0 Å². The van der Waals surface area contributed by atoms with Crippen molar-refractivity contribution in [3.05, 3.63) is 64.1 Å². The van der Waals surface area contributed by atoms with Crippen molar-refractivity contribution >= 4 is 27.6 Å². The Labute approximate surface area is 157 Å². The predicted molar refractivity (Wildman–Crippen MR) is 104 cm³/mol. The van der Waals surface area contributed by atoms with Crippen molar-refractivity contribution in [3.63, 3.8) is 0 Å². The van der Waals surface area contributed by atoms with Crippen molar-refractivity contribution in [2.45, 2.75) is 25.9 Å². The number of likely N-dealkylation sites (tertiary alicyclic amines) is 1. The molecule has 3 rings (SSSR count). The maximum absolute atomic E-state index is 12.4. The van der Waals surface area contributed by atoms with E-state index in [0.29, 0.717) is 13.1 Å². The molecule has 0 aromatic heterocycles. The monoisotopic (exact) mass is 402 g/mol. The number of benzene rings is 2. The second kappa shape index (κ2) is 8.02. The van der Waals surface area contributed by atoms with Crippen molar-refractivity contribution in [1.82, 2.24) is 4.90 Å². The molecule has 0 bridgehead atoms. The van der Waals surface area contributed by atoms with Crippen LogP contribution in [0, 0.1) is 12.8 Å². The van der Waals surface area contributed by atoms with E-state index in [0.717, 1.165) is 34.1 Å². The number of amides is 2.